The Morgan fingerprint density at radius 3 is 2.50 bits per heavy atom. The predicted octanol–water partition coefficient (Wildman–Crippen LogP) is 2.56. The van der Waals surface area contributed by atoms with E-state index in [1.165, 1.54) is 18.2 Å². The molecule has 1 fully saturated rings. The van der Waals surface area contributed by atoms with Gasteiger partial charge in [-0.15, -0.1) is 0 Å². The third-order valence-electron chi connectivity index (χ3n) is 4.56. The summed E-state index contributed by atoms with van der Waals surface area (Å²) in [5.74, 6) is -0.536. The highest BCUT2D eigenvalue weighted by atomic mass is 35.5. The molecule has 1 aliphatic heterocycles. The van der Waals surface area contributed by atoms with E-state index in [9.17, 15) is 14.7 Å². The molecule has 7 nitrogen and oxygen atoms in total. The van der Waals surface area contributed by atoms with Crippen LogP contribution >= 0.6 is 11.6 Å². The van der Waals surface area contributed by atoms with E-state index < -0.39 is 5.97 Å². The van der Waals surface area contributed by atoms with Gasteiger partial charge in [-0.1, -0.05) is 23.7 Å². The summed E-state index contributed by atoms with van der Waals surface area (Å²) in [7, 11) is 1.63. The third-order valence-corrected chi connectivity index (χ3v) is 4.80. The number of piperazine rings is 1. The first-order chi connectivity index (χ1) is 13.5. The molecule has 8 heteroatoms. The third kappa shape index (κ3) is 4.48. The van der Waals surface area contributed by atoms with Crippen molar-refractivity contribution in [3.8, 4) is 11.5 Å². The van der Waals surface area contributed by atoms with Gasteiger partial charge in [0, 0.05) is 31.2 Å². The molecular weight excluding hydrogens is 384 g/mol. The minimum Gasteiger partial charge on any atom is -0.507 e. The standard InChI is InChI=1S/C20H21ClN2O5/c1-27-18-5-3-2-4-16(18)22-8-10-23(11-9-22)19(25)13-28-20(26)15-7-6-14(21)12-17(15)24/h2-7,12,24H,8-11,13H2,1H3. The van der Waals surface area contributed by atoms with E-state index in [-0.39, 0.29) is 23.8 Å². The smallest absolute Gasteiger partial charge is 0.342 e. The Kier molecular flexibility index (Phi) is 6.26. The van der Waals surface area contributed by atoms with Crippen molar-refractivity contribution in [2.75, 3.05) is 44.8 Å². The fourth-order valence-corrected chi connectivity index (χ4v) is 3.23. The topological polar surface area (TPSA) is 79.3 Å². The Morgan fingerprint density at radius 1 is 1.11 bits per heavy atom. The zero-order valence-electron chi connectivity index (χ0n) is 15.4. The fraction of sp³-hybridized carbons (Fsp3) is 0.300. The van der Waals surface area contributed by atoms with Crippen LogP contribution in [0.15, 0.2) is 42.5 Å². The molecular formula is C20H21ClN2O5. The van der Waals surface area contributed by atoms with E-state index >= 15 is 0 Å². The van der Waals surface area contributed by atoms with Gasteiger partial charge in [0.25, 0.3) is 5.91 Å². The predicted molar refractivity (Wildman–Crippen MR) is 105 cm³/mol. The normalized spacial score (nSPS) is 13.9. The maximum atomic E-state index is 12.4. The minimum atomic E-state index is -0.768. The summed E-state index contributed by atoms with van der Waals surface area (Å²) in [6, 6.07) is 11.8. The number of benzene rings is 2. The lowest BCUT2D eigenvalue weighted by molar-refractivity contribution is -0.134. The zero-order chi connectivity index (χ0) is 20.1. The summed E-state index contributed by atoms with van der Waals surface area (Å²) in [6.45, 7) is 1.95. The molecule has 0 radical (unpaired) electrons. The molecule has 1 heterocycles. The van der Waals surface area contributed by atoms with Crippen LogP contribution in [0.5, 0.6) is 11.5 Å². The first kappa shape index (κ1) is 19.8. The van der Waals surface area contributed by atoms with Gasteiger partial charge in [-0.25, -0.2) is 4.79 Å². The fourth-order valence-electron chi connectivity index (χ4n) is 3.06. The van der Waals surface area contributed by atoms with Crippen molar-refractivity contribution in [1.82, 2.24) is 4.90 Å². The Morgan fingerprint density at radius 2 is 1.82 bits per heavy atom. The molecule has 0 aromatic heterocycles. The molecule has 0 unspecified atom stereocenters. The van der Waals surface area contributed by atoms with Crippen molar-refractivity contribution in [1.29, 1.82) is 0 Å². The van der Waals surface area contributed by atoms with Gasteiger partial charge in [-0.3, -0.25) is 4.79 Å². The Bertz CT molecular complexity index is 865. The lowest BCUT2D eigenvalue weighted by atomic mass is 10.2. The van der Waals surface area contributed by atoms with E-state index in [0.717, 1.165) is 11.4 Å². The number of methoxy groups -OCH3 is 1. The number of hydrogen-bond donors (Lipinski definition) is 1. The van der Waals surface area contributed by atoms with Crippen molar-refractivity contribution >= 4 is 29.2 Å². The number of carbonyl (C=O) groups is 2. The van der Waals surface area contributed by atoms with Gasteiger partial charge < -0.3 is 24.4 Å². The van der Waals surface area contributed by atoms with Crippen LogP contribution in [0.25, 0.3) is 0 Å². The molecule has 28 heavy (non-hydrogen) atoms. The number of nitrogens with zero attached hydrogens (tertiary/aromatic N) is 2. The van der Waals surface area contributed by atoms with Crippen LogP contribution in [0.2, 0.25) is 5.02 Å². The van der Waals surface area contributed by atoms with Crippen LogP contribution in [0.4, 0.5) is 5.69 Å². The summed E-state index contributed by atoms with van der Waals surface area (Å²) in [5, 5.41) is 10.1. The number of halogens is 1. The van der Waals surface area contributed by atoms with Gasteiger partial charge in [0.1, 0.15) is 17.1 Å². The molecule has 2 aromatic rings. The van der Waals surface area contributed by atoms with Crippen molar-refractivity contribution in [2.24, 2.45) is 0 Å². The number of amides is 1. The number of carbonyl (C=O) groups excluding carboxylic acids is 2. The lowest BCUT2D eigenvalue weighted by Crippen LogP contribution is -2.50. The largest absolute Gasteiger partial charge is 0.507 e. The van der Waals surface area contributed by atoms with Crippen molar-refractivity contribution in [3.05, 3.63) is 53.1 Å². The molecule has 0 aliphatic carbocycles. The molecule has 3 rings (SSSR count). The zero-order valence-corrected chi connectivity index (χ0v) is 16.2. The van der Waals surface area contributed by atoms with Crippen molar-refractivity contribution in [3.63, 3.8) is 0 Å². The number of phenols is 1. The van der Waals surface area contributed by atoms with Gasteiger partial charge in [-0.05, 0) is 30.3 Å². The van der Waals surface area contributed by atoms with E-state index in [0.29, 0.717) is 31.2 Å². The number of phenolic OH excluding ortho intramolecular Hbond substituents is 1. The molecule has 1 aliphatic rings. The van der Waals surface area contributed by atoms with Gasteiger partial charge >= 0.3 is 5.97 Å². The van der Waals surface area contributed by atoms with Crippen LogP contribution in [0.3, 0.4) is 0 Å². The van der Waals surface area contributed by atoms with Crippen molar-refractivity contribution < 1.29 is 24.2 Å². The van der Waals surface area contributed by atoms with Crippen LogP contribution in [-0.4, -0.2) is 61.8 Å². The highest BCUT2D eigenvalue weighted by Gasteiger charge is 2.24. The number of esters is 1. The van der Waals surface area contributed by atoms with Crippen LogP contribution in [-0.2, 0) is 9.53 Å². The second kappa shape index (κ2) is 8.84. The second-order valence-electron chi connectivity index (χ2n) is 6.28. The summed E-state index contributed by atoms with van der Waals surface area (Å²) >= 11 is 5.74. The van der Waals surface area contributed by atoms with Gasteiger partial charge in [0.2, 0.25) is 0 Å². The van der Waals surface area contributed by atoms with Gasteiger partial charge in [0.05, 0.1) is 12.8 Å². The summed E-state index contributed by atoms with van der Waals surface area (Å²) in [4.78, 5) is 28.2. The van der Waals surface area contributed by atoms with Crippen LogP contribution < -0.4 is 9.64 Å². The van der Waals surface area contributed by atoms with E-state index in [4.69, 9.17) is 21.1 Å². The maximum Gasteiger partial charge on any atom is 0.342 e. The van der Waals surface area contributed by atoms with E-state index in [1.54, 1.807) is 12.0 Å². The number of anilines is 1. The average molecular weight is 405 g/mol. The maximum absolute atomic E-state index is 12.4. The molecule has 2 aromatic carbocycles. The van der Waals surface area contributed by atoms with Gasteiger partial charge in [-0.2, -0.15) is 0 Å². The number of rotatable bonds is 5. The monoisotopic (exact) mass is 404 g/mol. The number of hydrogen-bond acceptors (Lipinski definition) is 6. The second-order valence-corrected chi connectivity index (χ2v) is 6.71. The summed E-state index contributed by atoms with van der Waals surface area (Å²) in [5.41, 5.74) is 0.958. The Hall–Kier alpha value is -2.93. The van der Waals surface area contributed by atoms with Gasteiger partial charge in [0.15, 0.2) is 6.61 Å². The SMILES string of the molecule is COc1ccccc1N1CCN(C(=O)COC(=O)c2ccc(Cl)cc2O)CC1. The molecule has 0 bridgehead atoms. The van der Waals surface area contributed by atoms with Crippen LogP contribution in [0, 0.1) is 0 Å². The summed E-state index contributed by atoms with van der Waals surface area (Å²) < 4.78 is 10.4. The molecule has 0 atom stereocenters. The first-order valence-electron chi connectivity index (χ1n) is 8.81. The highest BCUT2D eigenvalue weighted by Crippen LogP contribution is 2.28. The lowest BCUT2D eigenvalue weighted by Gasteiger charge is -2.36. The minimum absolute atomic E-state index is 0.0295. The Labute approximate surface area is 168 Å². The number of para-hydroxylation sites is 2. The van der Waals surface area contributed by atoms with E-state index in [2.05, 4.69) is 4.90 Å². The number of ether oxygens (including phenoxy) is 2. The molecule has 1 N–H and O–H groups in total. The van der Waals surface area contributed by atoms with Crippen molar-refractivity contribution in [2.45, 2.75) is 0 Å². The molecule has 0 saturated carbocycles. The molecule has 1 amide bonds. The van der Waals surface area contributed by atoms with E-state index in [1.807, 2.05) is 24.3 Å². The summed E-state index contributed by atoms with van der Waals surface area (Å²) in [6.07, 6.45) is 0. The molecule has 0 spiro atoms. The quantitative estimate of drug-likeness (QED) is 0.771. The molecule has 1 saturated heterocycles. The Balaban J connectivity index is 1.52. The average Bonchev–Trinajstić information content (AvgIpc) is 2.72. The molecule has 148 valence electrons. The number of aromatic hydroxyl groups is 1. The highest BCUT2D eigenvalue weighted by molar-refractivity contribution is 6.30. The first-order valence-corrected chi connectivity index (χ1v) is 9.19. The van der Waals surface area contributed by atoms with Crippen LogP contribution in [0.1, 0.15) is 10.4 Å².